The van der Waals surface area contributed by atoms with Gasteiger partial charge in [-0.15, -0.1) is 11.3 Å². The van der Waals surface area contributed by atoms with Gasteiger partial charge in [0.2, 0.25) is 5.91 Å². The predicted molar refractivity (Wildman–Crippen MR) is 70.8 cm³/mol. The standard InChI is InChI=1S/C13H20N2OS/c1-9(14)13(16)15-12(10-5-2-3-6-10)11-7-4-8-17-11/h4,7-10,12H,2-3,5-6,14H2,1H3,(H,15,16). The van der Waals surface area contributed by atoms with Gasteiger partial charge >= 0.3 is 0 Å². The minimum atomic E-state index is -0.432. The Balaban J connectivity index is 2.10. The molecule has 2 unspecified atom stereocenters. The van der Waals surface area contributed by atoms with Crippen molar-refractivity contribution in [2.75, 3.05) is 0 Å². The van der Waals surface area contributed by atoms with Crippen LogP contribution in [0.2, 0.25) is 0 Å². The molecular weight excluding hydrogens is 232 g/mol. The van der Waals surface area contributed by atoms with Gasteiger partial charge in [-0.05, 0) is 37.1 Å². The van der Waals surface area contributed by atoms with Crippen LogP contribution in [0.4, 0.5) is 0 Å². The molecule has 3 N–H and O–H groups in total. The van der Waals surface area contributed by atoms with E-state index in [-0.39, 0.29) is 11.9 Å². The van der Waals surface area contributed by atoms with Crippen molar-refractivity contribution in [3.63, 3.8) is 0 Å². The second-order valence-corrected chi connectivity index (χ2v) is 5.81. The zero-order valence-corrected chi connectivity index (χ0v) is 11.0. The minimum absolute atomic E-state index is 0.0460. The molecule has 17 heavy (non-hydrogen) atoms. The summed E-state index contributed by atoms with van der Waals surface area (Å²) >= 11 is 1.72. The van der Waals surface area contributed by atoms with E-state index < -0.39 is 6.04 Å². The lowest BCUT2D eigenvalue weighted by Gasteiger charge is -2.24. The molecular formula is C13H20N2OS. The Labute approximate surface area is 106 Å². The molecule has 3 nitrogen and oxygen atoms in total. The number of hydrogen-bond donors (Lipinski definition) is 2. The van der Waals surface area contributed by atoms with Crippen molar-refractivity contribution in [2.45, 2.75) is 44.7 Å². The Hall–Kier alpha value is -0.870. The fraction of sp³-hybridized carbons (Fsp3) is 0.615. The fourth-order valence-electron chi connectivity index (χ4n) is 2.46. The van der Waals surface area contributed by atoms with Crippen LogP contribution in [0.1, 0.15) is 43.5 Å². The quantitative estimate of drug-likeness (QED) is 0.864. The van der Waals surface area contributed by atoms with Gasteiger partial charge in [-0.3, -0.25) is 4.79 Å². The molecule has 2 rings (SSSR count). The maximum absolute atomic E-state index is 11.8. The van der Waals surface area contributed by atoms with Crippen LogP contribution >= 0.6 is 11.3 Å². The van der Waals surface area contributed by atoms with Gasteiger partial charge in [0.05, 0.1) is 12.1 Å². The molecule has 0 aromatic carbocycles. The third-order valence-electron chi connectivity index (χ3n) is 3.43. The molecule has 0 saturated heterocycles. The molecule has 1 aliphatic rings. The average Bonchev–Trinajstić information content (AvgIpc) is 2.98. The maximum Gasteiger partial charge on any atom is 0.237 e. The molecule has 1 fully saturated rings. The van der Waals surface area contributed by atoms with E-state index >= 15 is 0 Å². The number of carbonyl (C=O) groups excluding carboxylic acids is 1. The maximum atomic E-state index is 11.8. The molecule has 0 bridgehead atoms. The van der Waals surface area contributed by atoms with Crippen LogP contribution in [0.5, 0.6) is 0 Å². The number of nitrogens with one attached hydrogen (secondary N) is 1. The topological polar surface area (TPSA) is 55.1 Å². The Morgan fingerprint density at radius 3 is 2.76 bits per heavy atom. The highest BCUT2D eigenvalue weighted by Crippen LogP contribution is 2.37. The number of carbonyl (C=O) groups is 1. The summed E-state index contributed by atoms with van der Waals surface area (Å²) in [5.41, 5.74) is 5.63. The SMILES string of the molecule is CC(N)C(=O)NC(c1cccs1)C1CCCC1. The van der Waals surface area contributed by atoms with Crippen LogP contribution in [0, 0.1) is 5.92 Å². The number of hydrogen-bond acceptors (Lipinski definition) is 3. The van der Waals surface area contributed by atoms with Crippen molar-refractivity contribution in [2.24, 2.45) is 11.7 Å². The summed E-state index contributed by atoms with van der Waals surface area (Å²) < 4.78 is 0. The molecule has 2 atom stereocenters. The van der Waals surface area contributed by atoms with E-state index in [0.717, 1.165) is 0 Å². The third kappa shape index (κ3) is 3.07. The Kier molecular flexibility index (Phi) is 4.18. The van der Waals surface area contributed by atoms with E-state index in [1.54, 1.807) is 18.3 Å². The molecule has 0 spiro atoms. The molecule has 0 aliphatic heterocycles. The first-order valence-corrected chi connectivity index (χ1v) is 7.16. The summed E-state index contributed by atoms with van der Waals surface area (Å²) in [5.74, 6) is 0.534. The Morgan fingerprint density at radius 2 is 2.24 bits per heavy atom. The molecule has 1 aliphatic carbocycles. The summed E-state index contributed by atoms with van der Waals surface area (Å²) in [6, 6.07) is 3.88. The van der Waals surface area contributed by atoms with E-state index in [0.29, 0.717) is 5.92 Å². The molecule has 4 heteroatoms. The van der Waals surface area contributed by atoms with E-state index in [9.17, 15) is 4.79 Å². The Morgan fingerprint density at radius 1 is 1.53 bits per heavy atom. The summed E-state index contributed by atoms with van der Waals surface area (Å²) in [7, 11) is 0. The minimum Gasteiger partial charge on any atom is -0.347 e. The van der Waals surface area contributed by atoms with E-state index in [4.69, 9.17) is 5.73 Å². The van der Waals surface area contributed by atoms with Crippen molar-refractivity contribution < 1.29 is 4.79 Å². The van der Waals surface area contributed by atoms with Crippen molar-refractivity contribution in [1.82, 2.24) is 5.32 Å². The van der Waals surface area contributed by atoms with Gasteiger partial charge in [0.25, 0.3) is 0 Å². The lowest BCUT2D eigenvalue weighted by atomic mass is 9.96. The van der Waals surface area contributed by atoms with Gasteiger partial charge < -0.3 is 11.1 Å². The van der Waals surface area contributed by atoms with E-state index in [1.165, 1.54) is 30.6 Å². The van der Waals surface area contributed by atoms with Crippen LogP contribution in [0.25, 0.3) is 0 Å². The number of amides is 1. The van der Waals surface area contributed by atoms with Gasteiger partial charge in [-0.1, -0.05) is 18.9 Å². The van der Waals surface area contributed by atoms with Crippen molar-refractivity contribution >= 4 is 17.2 Å². The zero-order valence-electron chi connectivity index (χ0n) is 10.2. The molecule has 1 aromatic heterocycles. The Bertz CT molecular complexity index is 356. The normalized spacial score (nSPS) is 20.1. The van der Waals surface area contributed by atoms with Gasteiger partial charge in [-0.25, -0.2) is 0 Å². The third-order valence-corrected chi connectivity index (χ3v) is 4.39. The molecule has 1 saturated carbocycles. The van der Waals surface area contributed by atoms with Gasteiger partial charge in [0.1, 0.15) is 0 Å². The van der Waals surface area contributed by atoms with Crippen LogP contribution in [-0.4, -0.2) is 11.9 Å². The smallest absolute Gasteiger partial charge is 0.237 e. The first-order chi connectivity index (χ1) is 8.18. The van der Waals surface area contributed by atoms with Crippen molar-refractivity contribution in [3.8, 4) is 0 Å². The predicted octanol–water partition coefficient (Wildman–Crippen LogP) is 2.44. The van der Waals surface area contributed by atoms with Crippen LogP contribution < -0.4 is 11.1 Å². The first-order valence-electron chi connectivity index (χ1n) is 6.28. The highest BCUT2D eigenvalue weighted by molar-refractivity contribution is 7.10. The van der Waals surface area contributed by atoms with Gasteiger partial charge in [0, 0.05) is 4.88 Å². The van der Waals surface area contributed by atoms with Crippen LogP contribution in [0.3, 0.4) is 0 Å². The van der Waals surface area contributed by atoms with Crippen LogP contribution in [-0.2, 0) is 4.79 Å². The highest BCUT2D eigenvalue weighted by atomic mass is 32.1. The fourth-order valence-corrected chi connectivity index (χ4v) is 3.33. The second-order valence-electron chi connectivity index (χ2n) is 4.83. The second kappa shape index (κ2) is 5.65. The molecule has 0 radical (unpaired) electrons. The van der Waals surface area contributed by atoms with Gasteiger partial charge in [0.15, 0.2) is 0 Å². The highest BCUT2D eigenvalue weighted by Gasteiger charge is 2.28. The summed E-state index contributed by atoms with van der Waals surface area (Å²) in [6.45, 7) is 1.73. The summed E-state index contributed by atoms with van der Waals surface area (Å²) in [4.78, 5) is 13.0. The molecule has 94 valence electrons. The number of rotatable bonds is 4. The summed E-state index contributed by atoms with van der Waals surface area (Å²) in [6.07, 6.45) is 4.98. The average molecular weight is 252 g/mol. The van der Waals surface area contributed by atoms with Crippen LogP contribution in [0.15, 0.2) is 17.5 Å². The lowest BCUT2D eigenvalue weighted by molar-refractivity contribution is -0.123. The number of thiophene rings is 1. The van der Waals surface area contributed by atoms with Crippen molar-refractivity contribution in [3.05, 3.63) is 22.4 Å². The summed E-state index contributed by atoms with van der Waals surface area (Å²) in [5, 5.41) is 5.17. The molecule has 1 amide bonds. The molecule has 1 aromatic rings. The van der Waals surface area contributed by atoms with Gasteiger partial charge in [-0.2, -0.15) is 0 Å². The largest absolute Gasteiger partial charge is 0.347 e. The molecule has 1 heterocycles. The zero-order chi connectivity index (χ0) is 12.3. The first kappa shape index (κ1) is 12.6. The van der Waals surface area contributed by atoms with Crippen molar-refractivity contribution in [1.29, 1.82) is 0 Å². The van der Waals surface area contributed by atoms with E-state index in [1.807, 2.05) is 6.07 Å². The van der Waals surface area contributed by atoms with E-state index in [2.05, 4.69) is 16.8 Å². The lowest BCUT2D eigenvalue weighted by Crippen LogP contribution is -2.41. The number of nitrogens with two attached hydrogens (primary N) is 1. The monoisotopic (exact) mass is 252 g/mol.